The first-order valence-electron chi connectivity index (χ1n) is 10.2. The zero-order chi connectivity index (χ0) is 21.9. The van der Waals surface area contributed by atoms with Crippen LogP contribution in [-0.4, -0.2) is 41.1 Å². The predicted molar refractivity (Wildman–Crippen MR) is 109 cm³/mol. The van der Waals surface area contributed by atoms with Crippen LogP contribution in [0.4, 0.5) is 10.1 Å². The SMILES string of the molecule is C[C@@H]1CN(C(=O)c2ccc3c(c2)CN(C2CCC(=O)NC2=O)C3=O)c2cc(F)ccc21. The molecule has 2 atom stereocenters. The summed E-state index contributed by atoms with van der Waals surface area (Å²) in [6, 6.07) is 8.64. The number of carbonyl (C=O) groups excluding carboxylic acids is 4. The van der Waals surface area contributed by atoms with Crippen LogP contribution >= 0.6 is 0 Å². The summed E-state index contributed by atoms with van der Waals surface area (Å²) in [5.74, 6) is -1.66. The fourth-order valence-electron chi connectivity index (χ4n) is 4.69. The van der Waals surface area contributed by atoms with E-state index < -0.39 is 17.8 Å². The summed E-state index contributed by atoms with van der Waals surface area (Å²) in [7, 11) is 0. The number of benzene rings is 2. The summed E-state index contributed by atoms with van der Waals surface area (Å²) in [5, 5.41) is 2.28. The van der Waals surface area contributed by atoms with Gasteiger partial charge >= 0.3 is 0 Å². The van der Waals surface area contributed by atoms with Gasteiger partial charge < -0.3 is 9.80 Å². The van der Waals surface area contributed by atoms with Gasteiger partial charge in [-0.2, -0.15) is 0 Å². The van der Waals surface area contributed by atoms with Crippen molar-refractivity contribution in [2.24, 2.45) is 0 Å². The van der Waals surface area contributed by atoms with Crippen LogP contribution in [0.15, 0.2) is 36.4 Å². The molecule has 2 aromatic rings. The smallest absolute Gasteiger partial charge is 0.258 e. The summed E-state index contributed by atoms with van der Waals surface area (Å²) in [5.41, 5.74) is 3.00. The Kier molecular flexibility index (Phi) is 4.39. The van der Waals surface area contributed by atoms with Crippen LogP contribution in [0.25, 0.3) is 0 Å². The molecule has 0 aliphatic carbocycles. The lowest BCUT2D eigenvalue weighted by molar-refractivity contribution is -0.136. The van der Waals surface area contributed by atoms with E-state index in [0.717, 1.165) is 5.56 Å². The fraction of sp³-hybridized carbons (Fsp3) is 0.304. The highest BCUT2D eigenvalue weighted by Crippen LogP contribution is 2.37. The molecule has 0 saturated carbocycles. The van der Waals surface area contributed by atoms with Crippen molar-refractivity contribution in [3.63, 3.8) is 0 Å². The molecule has 7 nitrogen and oxygen atoms in total. The highest BCUT2D eigenvalue weighted by Gasteiger charge is 2.39. The molecule has 4 amide bonds. The molecule has 0 spiro atoms. The van der Waals surface area contributed by atoms with Gasteiger partial charge in [-0.15, -0.1) is 0 Å². The molecule has 1 unspecified atom stereocenters. The zero-order valence-corrected chi connectivity index (χ0v) is 16.9. The van der Waals surface area contributed by atoms with Crippen molar-refractivity contribution in [2.75, 3.05) is 11.4 Å². The van der Waals surface area contributed by atoms with Crippen molar-refractivity contribution in [1.29, 1.82) is 0 Å². The van der Waals surface area contributed by atoms with Crippen LogP contribution < -0.4 is 10.2 Å². The van der Waals surface area contributed by atoms with Gasteiger partial charge in [0.1, 0.15) is 11.9 Å². The first kappa shape index (κ1) is 19.4. The van der Waals surface area contributed by atoms with Gasteiger partial charge in [0.25, 0.3) is 11.8 Å². The molecule has 0 bridgehead atoms. The van der Waals surface area contributed by atoms with E-state index >= 15 is 0 Å². The highest BCUT2D eigenvalue weighted by molar-refractivity contribution is 6.09. The van der Waals surface area contributed by atoms with Crippen molar-refractivity contribution in [3.05, 3.63) is 64.5 Å². The molecule has 158 valence electrons. The fourth-order valence-corrected chi connectivity index (χ4v) is 4.69. The van der Waals surface area contributed by atoms with Crippen LogP contribution in [0.1, 0.15) is 57.5 Å². The molecule has 2 aromatic carbocycles. The molecule has 1 fully saturated rings. The molecular formula is C23H20FN3O4. The number of amides is 4. The Hall–Kier alpha value is -3.55. The maximum absolute atomic E-state index is 13.8. The lowest BCUT2D eigenvalue weighted by Gasteiger charge is -2.29. The quantitative estimate of drug-likeness (QED) is 0.755. The average molecular weight is 421 g/mol. The second-order valence-corrected chi connectivity index (χ2v) is 8.29. The minimum Gasteiger partial charge on any atom is -0.322 e. The van der Waals surface area contributed by atoms with Crippen LogP contribution in [0.2, 0.25) is 0 Å². The Morgan fingerprint density at radius 3 is 2.71 bits per heavy atom. The van der Waals surface area contributed by atoms with Crippen LogP contribution in [0.3, 0.4) is 0 Å². The van der Waals surface area contributed by atoms with Crippen LogP contribution in [-0.2, 0) is 16.1 Å². The number of imide groups is 1. The molecule has 1 saturated heterocycles. The van der Waals surface area contributed by atoms with Crippen molar-refractivity contribution in [2.45, 2.75) is 38.3 Å². The minimum absolute atomic E-state index is 0.0959. The summed E-state index contributed by atoms with van der Waals surface area (Å²) in [4.78, 5) is 52.7. The van der Waals surface area contributed by atoms with Gasteiger partial charge in [0.15, 0.2) is 0 Å². The van der Waals surface area contributed by atoms with Crippen molar-refractivity contribution >= 4 is 29.3 Å². The number of nitrogens with one attached hydrogen (secondary N) is 1. The zero-order valence-electron chi connectivity index (χ0n) is 16.9. The van der Waals surface area contributed by atoms with E-state index in [1.807, 2.05) is 6.92 Å². The minimum atomic E-state index is -0.703. The standard InChI is InChI=1S/C23H20FN3O4/c1-12-10-26(19-9-15(24)3-5-16(12)19)22(30)13-2-4-17-14(8-13)11-27(23(17)31)18-6-7-20(28)25-21(18)29/h2-5,8-9,12,18H,6-7,10-11H2,1H3,(H,25,28,29)/t12-,18?/m1/s1. The molecular weight excluding hydrogens is 401 g/mol. The molecule has 31 heavy (non-hydrogen) atoms. The van der Waals surface area contributed by atoms with E-state index in [1.54, 1.807) is 29.2 Å². The van der Waals surface area contributed by atoms with Gasteiger partial charge in [0, 0.05) is 36.6 Å². The molecule has 0 aromatic heterocycles. The monoisotopic (exact) mass is 421 g/mol. The Labute approximate surface area is 177 Å². The van der Waals surface area contributed by atoms with Gasteiger partial charge in [-0.25, -0.2) is 4.39 Å². The third-order valence-electron chi connectivity index (χ3n) is 6.29. The number of hydrogen-bond donors (Lipinski definition) is 1. The number of halogens is 1. The number of hydrogen-bond acceptors (Lipinski definition) is 4. The third-order valence-corrected chi connectivity index (χ3v) is 6.29. The number of nitrogens with zero attached hydrogens (tertiary/aromatic N) is 2. The van der Waals surface area contributed by atoms with Gasteiger partial charge in [-0.1, -0.05) is 13.0 Å². The molecule has 3 aliphatic rings. The molecule has 1 N–H and O–H groups in total. The van der Waals surface area contributed by atoms with Crippen molar-refractivity contribution < 1.29 is 23.6 Å². The maximum Gasteiger partial charge on any atom is 0.258 e. The molecule has 5 rings (SSSR count). The first-order chi connectivity index (χ1) is 14.8. The van der Waals surface area contributed by atoms with E-state index in [1.165, 1.54) is 17.0 Å². The highest BCUT2D eigenvalue weighted by atomic mass is 19.1. The van der Waals surface area contributed by atoms with E-state index in [9.17, 15) is 23.6 Å². The van der Waals surface area contributed by atoms with Crippen LogP contribution in [0.5, 0.6) is 0 Å². The molecule has 3 heterocycles. The van der Waals surface area contributed by atoms with Gasteiger partial charge in [0.05, 0.1) is 5.69 Å². The molecule has 8 heteroatoms. The van der Waals surface area contributed by atoms with E-state index in [-0.39, 0.29) is 43.0 Å². The lowest BCUT2D eigenvalue weighted by Crippen LogP contribution is -2.52. The van der Waals surface area contributed by atoms with Gasteiger partial charge in [-0.3, -0.25) is 24.5 Å². The summed E-state index contributed by atoms with van der Waals surface area (Å²) in [6.45, 7) is 2.64. The van der Waals surface area contributed by atoms with Gasteiger partial charge in [0.2, 0.25) is 11.8 Å². The van der Waals surface area contributed by atoms with Gasteiger partial charge in [-0.05, 0) is 47.9 Å². The predicted octanol–water partition coefficient (Wildman–Crippen LogP) is 2.35. The van der Waals surface area contributed by atoms with Crippen molar-refractivity contribution in [3.8, 4) is 0 Å². The second-order valence-electron chi connectivity index (χ2n) is 8.29. The molecule has 3 aliphatic heterocycles. The topological polar surface area (TPSA) is 86.8 Å². The Bertz CT molecular complexity index is 1160. The summed E-state index contributed by atoms with van der Waals surface area (Å²) >= 11 is 0. The number of piperidine rings is 1. The van der Waals surface area contributed by atoms with Crippen molar-refractivity contribution in [1.82, 2.24) is 10.2 Å². The maximum atomic E-state index is 13.8. The summed E-state index contributed by atoms with van der Waals surface area (Å²) in [6.07, 6.45) is 0.466. The second kappa shape index (κ2) is 7.01. The average Bonchev–Trinajstić information content (AvgIpc) is 3.24. The third kappa shape index (κ3) is 3.10. The molecule has 0 radical (unpaired) electrons. The van der Waals surface area contributed by atoms with E-state index in [4.69, 9.17) is 0 Å². The van der Waals surface area contributed by atoms with Crippen LogP contribution in [0, 0.1) is 5.82 Å². The van der Waals surface area contributed by atoms with E-state index in [2.05, 4.69) is 5.32 Å². The Balaban J connectivity index is 1.41. The largest absolute Gasteiger partial charge is 0.322 e. The summed E-state index contributed by atoms with van der Waals surface area (Å²) < 4.78 is 13.8. The Morgan fingerprint density at radius 2 is 1.94 bits per heavy atom. The lowest BCUT2D eigenvalue weighted by atomic mass is 10.0. The Morgan fingerprint density at radius 1 is 1.13 bits per heavy atom. The first-order valence-corrected chi connectivity index (χ1v) is 10.2. The number of anilines is 1. The number of fused-ring (bicyclic) bond motifs is 2. The number of rotatable bonds is 2. The normalized spacial score (nSPS) is 22.5. The van der Waals surface area contributed by atoms with E-state index in [0.29, 0.717) is 28.9 Å². The number of carbonyl (C=O) groups is 4.